The van der Waals surface area contributed by atoms with Gasteiger partial charge in [0.1, 0.15) is 6.54 Å². The molecule has 0 bridgehead atoms. The molecular weight excluding hydrogens is 300 g/mol. The van der Waals surface area contributed by atoms with Crippen molar-refractivity contribution in [2.75, 3.05) is 29.9 Å². The number of amides is 2. The summed E-state index contributed by atoms with van der Waals surface area (Å²) < 4.78 is 24.1. The molecule has 1 aliphatic heterocycles. The number of anilines is 1. The third-order valence-electron chi connectivity index (χ3n) is 3.02. The van der Waals surface area contributed by atoms with Gasteiger partial charge in [0.05, 0.1) is 23.4 Å². The zero-order valence-electron chi connectivity index (χ0n) is 11.2. The minimum atomic E-state index is -3.07. The van der Waals surface area contributed by atoms with Gasteiger partial charge in [-0.15, -0.1) is 0 Å². The molecule has 2 heterocycles. The normalized spacial score (nSPS) is 18.0. The SMILES string of the molecule is O=C(O)Cn1cc(NC(=O)N2CCCS(=O)(=O)CC2)cn1. The van der Waals surface area contributed by atoms with Gasteiger partial charge >= 0.3 is 12.0 Å². The quantitative estimate of drug-likeness (QED) is 0.784. The van der Waals surface area contributed by atoms with Crippen LogP contribution in [-0.4, -0.2) is 64.8 Å². The van der Waals surface area contributed by atoms with E-state index in [4.69, 9.17) is 5.11 Å². The maximum atomic E-state index is 12.0. The summed E-state index contributed by atoms with van der Waals surface area (Å²) in [5.41, 5.74) is 0.369. The van der Waals surface area contributed by atoms with Gasteiger partial charge < -0.3 is 15.3 Å². The Labute approximate surface area is 121 Å². The fourth-order valence-corrected chi connectivity index (χ4v) is 3.27. The van der Waals surface area contributed by atoms with Crippen LogP contribution in [0.15, 0.2) is 12.4 Å². The number of sulfone groups is 1. The number of hydrogen-bond acceptors (Lipinski definition) is 5. The van der Waals surface area contributed by atoms with Crippen LogP contribution in [0.5, 0.6) is 0 Å². The largest absolute Gasteiger partial charge is 0.480 e. The number of nitrogens with one attached hydrogen (secondary N) is 1. The molecule has 0 saturated carbocycles. The summed E-state index contributed by atoms with van der Waals surface area (Å²) in [4.78, 5) is 24.0. The summed E-state index contributed by atoms with van der Waals surface area (Å²) in [5.74, 6) is -0.986. The topological polar surface area (TPSA) is 122 Å². The van der Waals surface area contributed by atoms with E-state index in [9.17, 15) is 18.0 Å². The highest BCUT2D eigenvalue weighted by molar-refractivity contribution is 7.91. The van der Waals surface area contributed by atoms with Crippen LogP contribution in [0.3, 0.4) is 0 Å². The van der Waals surface area contributed by atoms with Crippen LogP contribution < -0.4 is 5.32 Å². The molecule has 116 valence electrons. The van der Waals surface area contributed by atoms with Gasteiger partial charge in [-0.05, 0) is 6.42 Å². The molecule has 1 saturated heterocycles. The van der Waals surface area contributed by atoms with E-state index in [-0.39, 0.29) is 24.6 Å². The highest BCUT2D eigenvalue weighted by Gasteiger charge is 2.22. The van der Waals surface area contributed by atoms with E-state index in [0.717, 1.165) is 0 Å². The van der Waals surface area contributed by atoms with Crippen LogP contribution in [0, 0.1) is 0 Å². The van der Waals surface area contributed by atoms with E-state index in [2.05, 4.69) is 10.4 Å². The summed E-state index contributed by atoms with van der Waals surface area (Å²) in [5, 5.41) is 15.0. The van der Waals surface area contributed by atoms with Crippen LogP contribution >= 0.6 is 0 Å². The van der Waals surface area contributed by atoms with Crippen molar-refractivity contribution in [2.24, 2.45) is 0 Å². The Bertz CT molecular complexity index is 639. The summed E-state index contributed by atoms with van der Waals surface area (Å²) in [7, 11) is -3.07. The van der Waals surface area contributed by atoms with Gasteiger partial charge in [0.2, 0.25) is 0 Å². The number of hydrogen-bond donors (Lipinski definition) is 2. The van der Waals surface area contributed by atoms with Crippen molar-refractivity contribution in [2.45, 2.75) is 13.0 Å². The van der Waals surface area contributed by atoms with Crippen molar-refractivity contribution in [3.8, 4) is 0 Å². The zero-order valence-corrected chi connectivity index (χ0v) is 12.0. The van der Waals surface area contributed by atoms with Gasteiger partial charge in [0, 0.05) is 19.3 Å². The highest BCUT2D eigenvalue weighted by Crippen LogP contribution is 2.09. The lowest BCUT2D eigenvalue weighted by molar-refractivity contribution is -0.137. The predicted molar refractivity (Wildman–Crippen MR) is 73.7 cm³/mol. The van der Waals surface area contributed by atoms with Crippen molar-refractivity contribution >= 4 is 27.5 Å². The average Bonchev–Trinajstić information content (AvgIpc) is 2.70. The third-order valence-corrected chi connectivity index (χ3v) is 4.74. The molecule has 0 unspecified atom stereocenters. The van der Waals surface area contributed by atoms with Gasteiger partial charge in [-0.2, -0.15) is 5.10 Å². The van der Waals surface area contributed by atoms with Gasteiger partial charge in [-0.1, -0.05) is 0 Å². The minimum absolute atomic E-state index is 0.0430. The zero-order chi connectivity index (χ0) is 15.5. The molecule has 2 N–H and O–H groups in total. The number of carboxylic acids is 1. The molecule has 0 aromatic carbocycles. The van der Waals surface area contributed by atoms with E-state index in [1.807, 2.05) is 0 Å². The lowest BCUT2D eigenvalue weighted by Crippen LogP contribution is -2.37. The Morgan fingerprint density at radius 3 is 2.81 bits per heavy atom. The number of rotatable bonds is 3. The second kappa shape index (κ2) is 6.12. The van der Waals surface area contributed by atoms with E-state index in [0.29, 0.717) is 18.7 Å². The van der Waals surface area contributed by atoms with Crippen LogP contribution in [-0.2, 0) is 21.2 Å². The van der Waals surface area contributed by atoms with Gasteiger partial charge in [-0.3, -0.25) is 9.48 Å². The van der Waals surface area contributed by atoms with Crippen molar-refractivity contribution in [1.29, 1.82) is 0 Å². The first-order valence-electron chi connectivity index (χ1n) is 6.36. The average molecular weight is 316 g/mol. The Kier molecular flexibility index (Phi) is 4.46. The van der Waals surface area contributed by atoms with Gasteiger partial charge in [-0.25, -0.2) is 13.2 Å². The van der Waals surface area contributed by atoms with Crippen LogP contribution in [0.2, 0.25) is 0 Å². The molecule has 2 rings (SSSR count). The monoisotopic (exact) mass is 316 g/mol. The molecule has 0 radical (unpaired) electrons. The first-order chi connectivity index (χ1) is 9.85. The van der Waals surface area contributed by atoms with Crippen molar-refractivity contribution < 1.29 is 23.1 Å². The summed E-state index contributed by atoms with van der Waals surface area (Å²) in [6.07, 6.45) is 3.16. The minimum Gasteiger partial charge on any atom is -0.480 e. The lowest BCUT2D eigenvalue weighted by Gasteiger charge is -2.19. The smallest absolute Gasteiger partial charge is 0.325 e. The molecule has 1 aromatic rings. The molecular formula is C11H16N4O5S. The van der Waals surface area contributed by atoms with E-state index >= 15 is 0 Å². The Morgan fingerprint density at radius 2 is 2.10 bits per heavy atom. The number of nitrogens with zero attached hydrogens (tertiary/aromatic N) is 3. The third kappa shape index (κ3) is 4.45. The van der Waals surface area contributed by atoms with Gasteiger partial charge in [0.15, 0.2) is 9.84 Å². The van der Waals surface area contributed by atoms with Crippen molar-refractivity contribution in [3.05, 3.63) is 12.4 Å². The second-order valence-electron chi connectivity index (χ2n) is 4.74. The van der Waals surface area contributed by atoms with E-state index in [1.54, 1.807) is 0 Å². The maximum Gasteiger partial charge on any atom is 0.325 e. The molecule has 1 aliphatic rings. The standard InChI is InChI=1S/C11H16N4O5S/c16-10(17)8-15-7-9(6-12-15)13-11(18)14-2-1-4-21(19,20)5-3-14/h6-7H,1-5,8H2,(H,13,18)(H,16,17). The summed E-state index contributed by atoms with van der Waals surface area (Å²) in [6.45, 7) is 0.226. The number of aromatic nitrogens is 2. The Balaban J connectivity index is 1.94. The maximum absolute atomic E-state index is 12.0. The molecule has 21 heavy (non-hydrogen) atoms. The molecule has 1 fully saturated rings. The lowest BCUT2D eigenvalue weighted by atomic mass is 10.4. The number of carbonyl (C=O) groups is 2. The highest BCUT2D eigenvalue weighted by atomic mass is 32.2. The fraction of sp³-hybridized carbons (Fsp3) is 0.545. The van der Waals surface area contributed by atoms with E-state index < -0.39 is 21.8 Å². The second-order valence-corrected chi connectivity index (χ2v) is 7.05. The summed E-state index contributed by atoms with van der Waals surface area (Å²) in [6, 6.07) is -0.415. The predicted octanol–water partition coefficient (Wildman–Crippen LogP) is -0.380. The molecule has 2 amide bonds. The van der Waals surface area contributed by atoms with Crippen LogP contribution in [0.4, 0.5) is 10.5 Å². The van der Waals surface area contributed by atoms with E-state index in [1.165, 1.54) is 22.0 Å². The van der Waals surface area contributed by atoms with Crippen LogP contribution in [0.1, 0.15) is 6.42 Å². The Hall–Kier alpha value is -2.10. The number of carbonyl (C=O) groups excluding carboxylic acids is 1. The van der Waals surface area contributed by atoms with Crippen molar-refractivity contribution in [3.63, 3.8) is 0 Å². The first kappa shape index (κ1) is 15.3. The molecule has 1 aromatic heterocycles. The molecule has 10 heteroatoms. The van der Waals surface area contributed by atoms with Crippen molar-refractivity contribution in [1.82, 2.24) is 14.7 Å². The summed E-state index contributed by atoms with van der Waals surface area (Å²) >= 11 is 0. The van der Waals surface area contributed by atoms with Crippen LogP contribution in [0.25, 0.3) is 0 Å². The number of carboxylic acid groups (broad SMARTS) is 1. The first-order valence-corrected chi connectivity index (χ1v) is 8.18. The van der Waals surface area contributed by atoms with Gasteiger partial charge in [0.25, 0.3) is 0 Å². The molecule has 9 nitrogen and oxygen atoms in total. The molecule has 0 spiro atoms. The number of aliphatic carboxylic acids is 1. The fourth-order valence-electron chi connectivity index (χ4n) is 2.00. The number of urea groups is 1. The molecule has 0 atom stereocenters. The Morgan fingerprint density at radius 1 is 1.33 bits per heavy atom. The molecule has 0 aliphatic carbocycles.